The molecule has 4 aromatic carbocycles. The summed E-state index contributed by atoms with van der Waals surface area (Å²) in [7, 11) is 0. The van der Waals surface area contributed by atoms with E-state index in [2.05, 4.69) is 109 Å². The third-order valence-corrected chi connectivity index (χ3v) is 8.42. The molecule has 0 fully saturated rings. The molecule has 4 aliphatic carbocycles. The molecule has 156 valence electrons. The Kier molecular flexibility index (Phi) is 3.49. The van der Waals surface area contributed by atoms with Gasteiger partial charge in [-0.05, 0) is 67.3 Å². The summed E-state index contributed by atoms with van der Waals surface area (Å²) in [6.07, 6.45) is 20.2. The summed E-state index contributed by atoms with van der Waals surface area (Å²) in [5, 5.41) is 5.72. The van der Waals surface area contributed by atoms with Gasteiger partial charge in [-0.15, -0.1) is 0 Å². The van der Waals surface area contributed by atoms with Crippen molar-refractivity contribution in [3.05, 3.63) is 124 Å². The lowest BCUT2D eigenvalue weighted by atomic mass is 9.69. The number of benzene rings is 4. The van der Waals surface area contributed by atoms with E-state index in [1.54, 1.807) is 5.56 Å². The van der Waals surface area contributed by atoms with Crippen molar-refractivity contribution in [2.45, 2.75) is 18.3 Å². The van der Waals surface area contributed by atoms with E-state index in [1.807, 2.05) is 0 Å². The second-order valence-electron chi connectivity index (χ2n) is 10.0. The number of hydrogen-bond acceptors (Lipinski definition) is 0. The highest BCUT2D eigenvalue weighted by Crippen LogP contribution is 2.51. The zero-order chi connectivity index (χ0) is 21.5. The van der Waals surface area contributed by atoms with Gasteiger partial charge in [0, 0.05) is 17.8 Å². The molecule has 3 unspecified atom stereocenters. The summed E-state index contributed by atoms with van der Waals surface area (Å²) in [5.41, 5.74) is 8.70. The van der Waals surface area contributed by atoms with Gasteiger partial charge in [-0.2, -0.15) is 0 Å². The van der Waals surface area contributed by atoms with Gasteiger partial charge >= 0.3 is 0 Å². The maximum absolute atomic E-state index is 2.41. The molecule has 8 rings (SSSR count). The molecule has 33 heavy (non-hydrogen) atoms. The third kappa shape index (κ3) is 2.36. The first-order valence-electron chi connectivity index (χ1n) is 12.2. The van der Waals surface area contributed by atoms with Crippen molar-refractivity contribution >= 4 is 39.8 Å². The van der Waals surface area contributed by atoms with Crippen LogP contribution >= 0.6 is 0 Å². The van der Waals surface area contributed by atoms with E-state index in [1.165, 1.54) is 49.4 Å². The quantitative estimate of drug-likeness (QED) is 0.198. The lowest BCUT2D eigenvalue weighted by molar-refractivity contribution is 0.638. The topological polar surface area (TPSA) is 0 Å². The summed E-state index contributed by atoms with van der Waals surface area (Å²) < 4.78 is 0. The van der Waals surface area contributed by atoms with Crippen molar-refractivity contribution in [1.82, 2.24) is 0 Å². The predicted octanol–water partition coefficient (Wildman–Crippen LogP) is 8.48. The minimum absolute atomic E-state index is 0.369. The van der Waals surface area contributed by atoms with Crippen molar-refractivity contribution in [2.75, 3.05) is 0 Å². The fourth-order valence-corrected chi connectivity index (χ4v) is 6.96. The van der Waals surface area contributed by atoms with Gasteiger partial charge in [0.25, 0.3) is 0 Å². The molecule has 4 aromatic rings. The van der Waals surface area contributed by atoms with Crippen LogP contribution in [0.4, 0.5) is 0 Å². The SMILES string of the molecule is C1=C[C@H]2C=Cc3ccc4ccc5ccc6c(c5c4c3C2C1)C1c2ccccc2C=CC1C=C6. The Labute approximate surface area is 194 Å². The van der Waals surface area contributed by atoms with Crippen LogP contribution in [0.15, 0.2) is 91.0 Å². The highest BCUT2D eigenvalue weighted by molar-refractivity contribution is 6.13. The van der Waals surface area contributed by atoms with Crippen LogP contribution in [0.2, 0.25) is 0 Å². The molecule has 0 saturated heterocycles. The molecule has 0 aliphatic heterocycles. The van der Waals surface area contributed by atoms with Gasteiger partial charge in [-0.1, -0.05) is 109 Å². The Balaban J connectivity index is 1.53. The third-order valence-electron chi connectivity index (χ3n) is 8.42. The van der Waals surface area contributed by atoms with Crippen LogP contribution in [-0.2, 0) is 0 Å². The Morgan fingerprint density at radius 2 is 1.18 bits per heavy atom. The first-order valence-corrected chi connectivity index (χ1v) is 12.2. The van der Waals surface area contributed by atoms with E-state index in [0.717, 1.165) is 6.42 Å². The van der Waals surface area contributed by atoms with E-state index in [4.69, 9.17) is 0 Å². The van der Waals surface area contributed by atoms with Gasteiger partial charge in [-0.25, -0.2) is 0 Å². The maximum Gasteiger partial charge on any atom is 0.0205 e. The van der Waals surface area contributed by atoms with Crippen LogP contribution in [0, 0.1) is 11.8 Å². The average Bonchev–Trinajstić information content (AvgIpc) is 3.36. The van der Waals surface area contributed by atoms with Crippen molar-refractivity contribution in [1.29, 1.82) is 0 Å². The molecule has 0 nitrogen and oxygen atoms in total. The number of rotatable bonds is 0. The minimum atomic E-state index is 0.369. The van der Waals surface area contributed by atoms with Gasteiger partial charge in [-0.3, -0.25) is 0 Å². The lowest BCUT2D eigenvalue weighted by Gasteiger charge is -2.34. The molecule has 0 aromatic heterocycles. The first-order chi connectivity index (χ1) is 16.4. The van der Waals surface area contributed by atoms with E-state index in [-0.39, 0.29) is 0 Å². The molecule has 0 N–H and O–H groups in total. The Hall–Kier alpha value is -3.64. The van der Waals surface area contributed by atoms with E-state index < -0.39 is 0 Å². The van der Waals surface area contributed by atoms with Crippen LogP contribution in [0.25, 0.3) is 39.8 Å². The van der Waals surface area contributed by atoms with Gasteiger partial charge < -0.3 is 0 Å². The second-order valence-corrected chi connectivity index (χ2v) is 10.0. The van der Waals surface area contributed by atoms with Crippen molar-refractivity contribution in [3.8, 4) is 0 Å². The minimum Gasteiger partial charge on any atom is -0.0873 e. The monoisotopic (exact) mass is 420 g/mol. The van der Waals surface area contributed by atoms with Crippen LogP contribution in [0.1, 0.15) is 51.6 Å². The Morgan fingerprint density at radius 1 is 0.545 bits per heavy atom. The van der Waals surface area contributed by atoms with Crippen LogP contribution in [-0.4, -0.2) is 0 Å². The molecule has 4 aliphatic rings. The zero-order valence-corrected chi connectivity index (χ0v) is 18.4. The fourth-order valence-electron chi connectivity index (χ4n) is 6.96. The molecule has 0 bridgehead atoms. The second kappa shape index (κ2) is 6.45. The largest absolute Gasteiger partial charge is 0.0873 e. The van der Waals surface area contributed by atoms with Crippen LogP contribution in [0.3, 0.4) is 0 Å². The van der Waals surface area contributed by atoms with Crippen LogP contribution < -0.4 is 0 Å². The van der Waals surface area contributed by atoms with Crippen molar-refractivity contribution in [3.63, 3.8) is 0 Å². The summed E-state index contributed by atoms with van der Waals surface area (Å²) in [6, 6.07) is 23.0. The summed E-state index contributed by atoms with van der Waals surface area (Å²) >= 11 is 0. The normalized spacial score (nSPS) is 25.6. The molecular formula is C33H24. The van der Waals surface area contributed by atoms with Crippen LogP contribution in [0.5, 0.6) is 0 Å². The van der Waals surface area contributed by atoms with Gasteiger partial charge in [0.15, 0.2) is 0 Å². The molecular weight excluding hydrogens is 396 g/mol. The number of allylic oxidation sites excluding steroid dienone is 5. The molecule has 0 heterocycles. The Morgan fingerprint density at radius 3 is 2.00 bits per heavy atom. The maximum atomic E-state index is 2.41. The lowest BCUT2D eigenvalue weighted by Crippen LogP contribution is -2.19. The summed E-state index contributed by atoms with van der Waals surface area (Å²) in [4.78, 5) is 0. The summed E-state index contributed by atoms with van der Waals surface area (Å²) in [5.74, 6) is 1.87. The molecule has 0 spiro atoms. The van der Waals surface area contributed by atoms with E-state index in [9.17, 15) is 0 Å². The highest BCUT2D eigenvalue weighted by atomic mass is 14.4. The van der Waals surface area contributed by atoms with Gasteiger partial charge in [0.1, 0.15) is 0 Å². The van der Waals surface area contributed by atoms with E-state index >= 15 is 0 Å². The number of hydrogen-bond donors (Lipinski definition) is 0. The van der Waals surface area contributed by atoms with Gasteiger partial charge in [0.2, 0.25) is 0 Å². The fraction of sp³-hybridized carbons (Fsp3) is 0.152. The standard InChI is InChI=1S/C33H24/c1-2-6-27-20(4-1)8-10-22-12-14-24-16-18-26-19-17-25-15-13-23-11-9-21-5-3-7-28(21)30(23)32(25)33(26)31(24)29(22)27/h1-6,8-19,21-22,28-29H,7H2/t21-,22?,28?,29?/m0/s1. The predicted molar refractivity (Wildman–Crippen MR) is 140 cm³/mol. The number of fused-ring (bicyclic) bond motifs is 13. The molecule has 4 atom stereocenters. The summed E-state index contributed by atoms with van der Waals surface area (Å²) in [6.45, 7) is 0. The highest BCUT2D eigenvalue weighted by Gasteiger charge is 2.34. The molecule has 0 heteroatoms. The van der Waals surface area contributed by atoms with E-state index in [0.29, 0.717) is 23.7 Å². The Bertz CT molecular complexity index is 1610. The molecule has 0 saturated carbocycles. The van der Waals surface area contributed by atoms with Crippen molar-refractivity contribution < 1.29 is 0 Å². The first kappa shape index (κ1) is 17.9. The molecule has 0 radical (unpaired) electrons. The molecule has 0 amide bonds. The zero-order valence-electron chi connectivity index (χ0n) is 18.4. The van der Waals surface area contributed by atoms with Crippen molar-refractivity contribution in [2.24, 2.45) is 11.8 Å². The van der Waals surface area contributed by atoms with Gasteiger partial charge in [0.05, 0.1) is 0 Å². The average molecular weight is 421 g/mol. The smallest absolute Gasteiger partial charge is 0.0205 e.